The first-order valence-corrected chi connectivity index (χ1v) is 7.13. The summed E-state index contributed by atoms with van der Waals surface area (Å²) in [5, 5.41) is 3.59. The molecule has 0 bridgehead atoms. The van der Waals surface area contributed by atoms with E-state index < -0.39 is 0 Å². The predicted molar refractivity (Wildman–Crippen MR) is 79.2 cm³/mol. The minimum Gasteiger partial charge on any atom is -0.496 e. The monoisotopic (exact) mass is 309 g/mol. The second-order valence-corrected chi connectivity index (χ2v) is 5.75. The molecule has 0 amide bonds. The first-order chi connectivity index (χ1) is 8.61. The third kappa shape index (κ3) is 2.96. The molecule has 1 unspecified atom stereocenters. The van der Waals surface area contributed by atoms with Gasteiger partial charge in [0.2, 0.25) is 0 Å². The number of benzene rings is 1. The van der Waals surface area contributed by atoms with Crippen LogP contribution in [-0.4, -0.2) is 19.7 Å². The van der Waals surface area contributed by atoms with Gasteiger partial charge in [-0.2, -0.15) is 0 Å². The van der Waals surface area contributed by atoms with E-state index in [1.54, 1.807) is 7.11 Å². The minimum atomic E-state index is 0.471. The summed E-state index contributed by atoms with van der Waals surface area (Å²) in [5.41, 5.74) is 4.36. The van der Waals surface area contributed by atoms with Gasteiger partial charge in [-0.3, -0.25) is 0 Å². The topological polar surface area (TPSA) is 21.3 Å². The average Bonchev–Trinajstić information content (AvgIpc) is 2.35. The molecule has 1 N–H and O–H groups in total. The normalized spacial score (nSPS) is 20.1. The van der Waals surface area contributed by atoms with E-state index in [2.05, 4.69) is 47.2 Å². The van der Waals surface area contributed by atoms with Crippen LogP contribution in [0.3, 0.4) is 0 Å². The van der Waals surface area contributed by atoms with E-state index >= 15 is 0 Å². The van der Waals surface area contributed by atoms with Gasteiger partial charge in [0, 0.05) is 6.04 Å². The first-order valence-electron chi connectivity index (χ1n) is 6.34. The van der Waals surface area contributed by atoms with E-state index in [9.17, 15) is 0 Å². The van der Waals surface area contributed by atoms with Gasteiger partial charge in [-0.1, -0.05) is 17.2 Å². The van der Waals surface area contributed by atoms with Gasteiger partial charge in [-0.05, 0) is 66.9 Å². The van der Waals surface area contributed by atoms with Crippen LogP contribution in [0.5, 0.6) is 5.75 Å². The molecular formula is C15H20BrNO. The SMILES string of the molecule is COc1ccc(CC2NCCC(C)=C2C)cc1Br. The molecule has 1 atom stereocenters. The van der Waals surface area contributed by atoms with Gasteiger partial charge in [0.05, 0.1) is 11.6 Å². The summed E-state index contributed by atoms with van der Waals surface area (Å²) >= 11 is 3.54. The lowest BCUT2D eigenvalue weighted by Crippen LogP contribution is -2.37. The average molecular weight is 310 g/mol. The lowest BCUT2D eigenvalue weighted by Gasteiger charge is -2.27. The molecule has 0 aromatic heterocycles. The molecule has 0 radical (unpaired) electrons. The molecule has 1 aliphatic heterocycles. The first kappa shape index (κ1) is 13.6. The highest BCUT2D eigenvalue weighted by atomic mass is 79.9. The largest absolute Gasteiger partial charge is 0.496 e. The Morgan fingerprint density at radius 2 is 2.17 bits per heavy atom. The Morgan fingerprint density at radius 1 is 1.39 bits per heavy atom. The van der Waals surface area contributed by atoms with E-state index in [0.29, 0.717) is 6.04 Å². The van der Waals surface area contributed by atoms with Gasteiger partial charge in [0.15, 0.2) is 0 Å². The second kappa shape index (κ2) is 5.89. The fourth-order valence-electron chi connectivity index (χ4n) is 2.38. The Morgan fingerprint density at radius 3 is 2.83 bits per heavy atom. The van der Waals surface area contributed by atoms with Crippen LogP contribution in [-0.2, 0) is 6.42 Å². The van der Waals surface area contributed by atoms with Gasteiger partial charge in [0.25, 0.3) is 0 Å². The van der Waals surface area contributed by atoms with Crippen LogP contribution in [0, 0.1) is 0 Å². The van der Waals surface area contributed by atoms with E-state index in [0.717, 1.165) is 23.2 Å². The van der Waals surface area contributed by atoms with Crippen molar-refractivity contribution in [2.24, 2.45) is 0 Å². The molecule has 3 heteroatoms. The molecule has 0 aliphatic carbocycles. The Kier molecular flexibility index (Phi) is 4.46. The van der Waals surface area contributed by atoms with E-state index in [1.807, 2.05) is 6.07 Å². The fourth-order valence-corrected chi connectivity index (χ4v) is 2.97. The van der Waals surface area contributed by atoms with Crippen LogP contribution in [0.2, 0.25) is 0 Å². The Bertz CT molecular complexity index is 468. The summed E-state index contributed by atoms with van der Waals surface area (Å²) in [6.07, 6.45) is 2.21. The van der Waals surface area contributed by atoms with Crippen molar-refractivity contribution < 1.29 is 4.74 Å². The van der Waals surface area contributed by atoms with Gasteiger partial charge < -0.3 is 10.1 Å². The zero-order valence-electron chi connectivity index (χ0n) is 11.2. The maximum Gasteiger partial charge on any atom is 0.133 e. The summed E-state index contributed by atoms with van der Waals surface area (Å²) in [6, 6.07) is 6.79. The van der Waals surface area contributed by atoms with E-state index in [4.69, 9.17) is 4.74 Å². The number of nitrogens with one attached hydrogen (secondary N) is 1. The fraction of sp³-hybridized carbons (Fsp3) is 0.467. The maximum atomic E-state index is 5.26. The lowest BCUT2D eigenvalue weighted by molar-refractivity contribution is 0.412. The maximum absolute atomic E-state index is 5.26. The quantitative estimate of drug-likeness (QED) is 0.860. The molecule has 98 valence electrons. The van der Waals surface area contributed by atoms with Gasteiger partial charge >= 0.3 is 0 Å². The molecule has 2 rings (SSSR count). The molecule has 1 heterocycles. The standard InChI is InChI=1S/C15H20BrNO/c1-10-6-7-17-14(11(10)2)9-12-4-5-15(18-3)13(16)8-12/h4-5,8,14,17H,6-7,9H2,1-3H3. The number of rotatable bonds is 3. The van der Waals surface area contributed by atoms with Crippen LogP contribution in [0.4, 0.5) is 0 Å². The smallest absolute Gasteiger partial charge is 0.133 e. The molecule has 18 heavy (non-hydrogen) atoms. The molecule has 0 spiro atoms. The Hall–Kier alpha value is -0.800. The zero-order chi connectivity index (χ0) is 13.1. The van der Waals surface area contributed by atoms with Crippen molar-refractivity contribution >= 4 is 15.9 Å². The molecule has 1 aromatic rings. The van der Waals surface area contributed by atoms with Crippen molar-refractivity contribution in [3.8, 4) is 5.75 Å². The highest BCUT2D eigenvalue weighted by Gasteiger charge is 2.17. The zero-order valence-corrected chi connectivity index (χ0v) is 12.8. The number of hydrogen-bond acceptors (Lipinski definition) is 2. The lowest BCUT2D eigenvalue weighted by atomic mass is 9.92. The van der Waals surface area contributed by atoms with Gasteiger partial charge in [0.1, 0.15) is 5.75 Å². The van der Waals surface area contributed by atoms with Crippen LogP contribution in [0.15, 0.2) is 33.8 Å². The summed E-state index contributed by atoms with van der Waals surface area (Å²) < 4.78 is 6.28. The molecule has 1 aromatic carbocycles. The minimum absolute atomic E-state index is 0.471. The Labute approximate surface area is 118 Å². The molecule has 0 saturated carbocycles. The number of ether oxygens (including phenoxy) is 1. The van der Waals surface area contributed by atoms with E-state index in [1.165, 1.54) is 23.1 Å². The summed E-state index contributed by atoms with van der Waals surface area (Å²) in [7, 11) is 1.69. The van der Waals surface area contributed by atoms with Crippen LogP contribution >= 0.6 is 15.9 Å². The molecule has 0 saturated heterocycles. The number of hydrogen-bond donors (Lipinski definition) is 1. The molecule has 2 nitrogen and oxygen atoms in total. The van der Waals surface area contributed by atoms with Crippen LogP contribution in [0.1, 0.15) is 25.8 Å². The van der Waals surface area contributed by atoms with Gasteiger partial charge in [-0.15, -0.1) is 0 Å². The third-order valence-corrected chi connectivity index (χ3v) is 4.36. The molecular weight excluding hydrogens is 290 g/mol. The van der Waals surface area contributed by atoms with Crippen molar-refractivity contribution in [3.63, 3.8) is 0 Å². The highest BCUT2D eigenvalue weighted by Crippen LogP contribution is 2.27. The second-order valence-electron chi connectivity index (χ2n) is 4.89. The summed E-state index contributed by atoms with van der Waals surface area (Å²) in [5.74, 6) is 0.888. The number of methoxy groups -OCH3 is 1. The van der Waals surface area contributed by atoms with Crippen LogP contribution in [0.25, 0.3) is 0 Å². The van der Waals surface area contributed by atoms with Crippen molar-refractivity contribution in [2.45, 2.75) is 32.7 Å². The van der Waals surface area contributed by atoms with E-state index in [-0.39, 0.29) is 0 Å². The molecule has 1 aliphatic rings. The third-order valence-electron chi connectivity index (χ3n) is 3.74. The highest BCUT2D eigenvalue weighted by molar-refractivity contribution is 9.10. The number of halogens is 1. The van der Waals surface area contributed by atoms with Crippen molar-refractivity contribution in [3.05, 3.63) is 39.4 Å². The predicted octanol–water partition coefficient (Wildman–Crippen LogP) is 3.70. The molecule has 0 fully saturated rings. The summed E-state index contributed by atoms with van der Waals surface area (Å²) in [4.78, 5) is 0. The van der Waals surface area contributed by atoms with Gasteiger partial charge in [-0.25, -0.2) is 0 Å². The Balaban J connectivity index is 2.14. The van der Waals surface area contributed by atoms with Crippen molar-refractivity contribution in [2.75, 3.05) is 13.7 Å². The van der Waals surface area contributed by atoms with Crippen molar-refractivity contribution in [1.29, 1.82) is 0 Å². The van der Waals surface area contributed by atoms with Crippen molar-refractivity contribution in [1.82, 2.24) is 5.32 Å². The summed E-state index contributed by atoms with van der Waals surface area (Å²) in [6.45, 7) is 5.57. The van der Waals surface area contributed by atoms with Crippen LogP contribution < -0.4 is 10.1 Å².